The molecule has 0 unspecified atom stereocenters. The Balaban J connectivity index is 2.18. The van der Waals surface area contributed by atoms with Crippen molar-refractivity contribution in [3.05, 3.63) is 28.3 Å². The summed E-state index contributed by atoms with van der Waals surface area (Å²) in [7, 11) is 0. The van der Waals surface area contributed by atoms with Gasteiger partial charge >= 0.3 is 5.69 Å². The Labute approximate surface area is 119 Å². The fraction of sp³-hybridized carbons (Fsp3) is 0.600. The van der Waals surface area contributed by atoms with Gasteiger partial charge in [0.1, 0.15) is 11.4 Å². The average Bonchev–Trinajstić information content (AvgIpc) is 2.84. The van der Waals surface area contributed by atoms with E-state index in [2.05, 4.69) is 17.6 Å². The third kappa shape index (κ3) is 3.21. The Kier molecular flexibility index (Phi) is 4.47. The van der Waals surface area contributed by atoms with Crippen LogP contribution in [0.4, 0.5) is 17.1 Å². The average molecular weight is 277 g/mol. The van der Waals surface area contributed by atoms with Gasteiger partial charge in [0.2, 0.25) is 0 Å². The molecule has 0 heterocycles. The van der Waals surface area contributed by atoms with Gasteiger partial charge < -0.3 is 10.6 Å². The van der Waals surface area contributed by atoms with Crippen molar-refractivity contribution in [2.45, 2.75) is 39.5 Å². The van der Waals surface area contributed by atoms with Crippen LogP contribution in [-0.4, -0.2) is 18.0 Å². The zero-order valence-corrected chi connectivity index (χ0v) is 12.2. The number of nitrogens with zero attached hydrogens (tertiary/aromatic N) is 1. The van der Waals surface area contributed by atoms with E-state index in [9.17, 15) is 10.1 Å². The van der Waals surface area contributed by atoms with Gasteiger partial charge in [-0.1, -0.05) is 25.8 Å². The lowest BCUT2D eigenvalue weighted by Gasteiger charge is -2.24. The molecular formula is C15H23N3O2. The topological polar surface area (TPSA) is 67.2 Å². The minimum Gasteiger partial charge on any atom is -0.380 e. The Morgan fingerprint density at radius 3 is 2.40 bits per heavy atom. The first-order valence-corrected chi connectivity index (χ1v) is 7.31. The zero-order valence-electron chi connectivity index (χ0n) is 12.2. The van der Waals surface area contributed by atoms with E-state index in [1.807, 2.05) is 13.0 Å². The third-order valence-corrected chi connectivity index (χ3v) is 4.10. The summed E-state index contributed by atoms with van der Waals surface area (Å²) in [5, 5.41) is 17.7. The zero-order chi connectivity index (χ0) is 14.6. The summed E-state index contributed by atoms with van der Waals surface area (Å²) in [6, 6.07) is 5.39. The maximum Gasteiger partial charge on any atom is 0.315 e. The van der Waals surface area contributed by atoms with Crippen LogP contribution in [0.5, 0.6) is 0 Å². The van der Waals surface area contributed by atoms with Gasteiger partial charge in [-0.3, -0.25) is 10.1 Å². The monoisotopic (exact) mass is 277 g/mol. The standard InChI is InChI=1S/C15H23N3O2/c1-3-16-12-7-6-8-13(14(12)18(19)20)17-11-15(2)9-4-5-10-15/h6-8,16-17H,3-5,9-11H2,1-2H3. The highest BCUT2D eigenvalue weighted by molar-refractivity contribution is 5.76. The van der Waals surface area contributed by atoms with Crippen LogP contribution >= 0.6 is 0 Å². The molecule has 20 heavy (non-hydrogen) atoms. The highest BCUT2D eigenvalue weighted by Gasteiger charge is 2.29. The molecule has 2 rings (SSSR count). The van der Waals surface area contributed by atoms with E-state index >= 15 is 0 Å². The Morgan fingerprint density at radius 2 is 1.85 bits per heavy atom. The predicted octanol–water partition coefficient (Wildman–Crippen LogP) is 4.02. The lowest BCUT2D eigenvalue weighted by atomic mass is 9.89. The van der Waals surface area contributed by atoms with Crippen molar-refractivity contribution < 1.29 is 4.92 Å². The molecular weight excluding hydrogens is 254 g/mol. The van der Waals surface area contributed by atoms with Crippen LogP contribution in [-0.2, 0) is 0 Å². The molecule has 1 saturated carbocycles. The maximum absolute atomic E-state index is 11.3. The summed E-state index contributed by atoms with van der Waals surface area (Å²) >= 11 is 0. The summed E-state index contributed by atoms with van der Waals surface area (Å²) in [4.78, 5) is 11.0. The Hall–Kier alpha value is -1.78. The summed E-state index contributed by atoms with van der Waals surface area (Å²) in [5.74, 6) is 0. The van der Waals surface area contributed by atoms with E-state index < -0.39 is 0 Å². The molecule has 0 aliphatic heterocycles. The number of rotatable bonds is 6. The van der Waals surface area contributed by atoms with Crippen LogP contribution in [0.3, 0.4) is 0 Å². The van der Waals surface area contributed by atoms with Gasteiger partial charge in [-0.2, -0.15) is 0 Å². The van der Waals surface area contributed by atoms with E-state index in [0.717, 1.165) is 6.54 Å². The number of hydrogen-bond acceptors (Lipinski definition) is 4. The Bertz CT molecular complexity index is 482. The molecule has 0 saturated heterocycles. The molecule has 1 aromatic rings. The minimum atomic E-state index is -0.308. The lowest BCUT2D eigenvalue weighted by Crippen LogP contribution is -2.23. The van der Waals surface area contributed by atoms with Crippen LogP contribution in [0, 0.1) is 15.5 Å². The molecule has 0 radical (unpaired) electrons. The number of anilines is 2. The first-order valence-electron chi connectivity index (χ1n) is 7.31. The molecule has 2 N–H and O–H groups in total. The van der Waals surface area contributed by atoms with Gasteiger partial charge in [0.15, 0.2) is 0 Å². The summed E-state index contributed by atoms with van der Waals surface area (Å²) in [5.41, 5.74) is 1.61. The van der Waals surface area contributed by atoms with Crippen molar-refractivity contribution in [1.29, 1.82) is 0 Å². The third-order valence-electron chi connectivity index (χ3n) is 4.10. The van der Waals surface area contributed by atoms with Crippen LogP contribution in [0.2, 0.25) is 0 Å². The smallest absolute Gasteiger partial charge is 0.315 e. The van der Waals surface area contributed by atoms with Crippen molar-refractivity contribution in [3.63, 3.8) is 0 Å². The molecule has 1 aliphatic rings. The largest absolute Gasteiger partial charge is 0.380 e. The number of nitro benzene ring substituents is 1. The molecule has 0 atom stereocenters. The second-order valence-electron chi connectivity index (χ2n) is 5.86. The number of nitrogens with one attached hydrogen (secondary N) is 2. The molecule has 0 bridgehead atoms. The van der Waals surface area contributed by atoms with E-state index in [4.69, 9.17) is 0 Å². The number of para-hydroxylation sites is 1. The lowest BCUT2D eigenvalue weighted by molar-refractivity contribution is -0.383. The van der Waals surface area contributed by atoms with Gasteiger partial charge in [0.05, 0.1) is 4.92 Å². The van der Waals surface area contributed by atoms with E-state index in [-0.39, 0.29) is 16.0 Å². The number of hydrogen-bond donors (Lipinski definition) is 2. The molecule has 5 heteroatoms. The quantitative estimate of drug-likeness (QED) is 0.608. The van der Waals surface area contributed by atoms with Crippen molar-refractivity contribution in [2.75, 3.05) is 23.7 Å². The maximum atomic E-state index is 11.3. The Morgan fingerprint density at radius 1 is 1.25 bits per heavy atom. The summed E-state index contributed by atoms with van der Waals surface area (Å²) in [6.07, 6.45) is 4.91. The molecule has 1 aromatic carbocycles. The van der Waals surface area contributed by atoms with Gasteiger partial charge in [-0.05, 0) is 37.3 Å². The number of benzene rings is 1. The predicted molar refractivity (Wildman–Crippen MR) is 82.3 cm³/mol. The second-order valence-corrected chi connectivity index (χ2v) is 5.86. The van der Waals surface area contributed by atoms with Crippen molar-refractivity contribution >= 4 is 17.1 Å². The fourth-order valence-corrected chi connectivity index (χ4v) is 2.93. The molecule has 0 amide bonds. The fourth-order valence-electron chi connectivity index (χ4n) is 2.93. The molecule has 0 aromatic heterocycles. The number of nitro groups is 1. The molecule has 5 nitrogen and oxygen atoms in total. The van der Waals surface area contributed by atoms with E-state index in [0.29, 0.717) is 17.9 Å². The van der Waals surface area contributed by atoms with Crippen LogP contribution in [0.1, 0.15) is 39.5 Å². The van der Waals surface area contributed by atoms with Crippen molar-refractivity contribution in [3.8, 4) is 0 Å². The van der Waals surface area contributed by atoms with Crippen LogP contribution < -0.4 is 10.6 Å². The summed E-state index contributed by atoms with van der Waals surface area (Å²) < 4.78 is 0. The summed E-state index contributed by atoms with van der Waals surface area (Å²) in [6.45, 7) is 5.65. The van der Waals surface area contributed by atoms with Crippen molar-refractivity contribution in [2.24, 2.45) is 5.41 Å². The highest BCUT2D eigenvalue weighted by atomic mass is 16.6. The van der Waals surface area contributed by atoms with E-state index in [1.165, 1.54) is 25.7 Å². The first kappa shape index (κ1) is 14.6. The molecule has 1 fully saturated rings. The van der Waals surface area contributed by atoms with Crippen LogP contribution in [0.15, 0.2) is 18.2 Å². The first-order chi connectivity index (χ1) is 9.56. The van der Waals surface area contributed by atoms with Gasteiger partial charge in [-0.25, -0.2) is 0 Å². The normalized spacial score (nSPS) is 16.9. The highest BCUT2D eigenvalue weighted by Crippen LogP contribution is 2.39. The van der Waals surface area contributed by atoms with E-state index in [1.54, 1.807) is 12.1 Å². The van der Waals surface area contributed by atoms with Gasteiger partial charge in [0, 0.05) is 13.1 Å². The SMILES string of the molecule is CCNc1cccc(NCC2(C)CCCC2)c1[N+](=O)[O-]. The minimum absolute atomic E-state index is 0.149. The van der Waals surface area contributed by atoms with Crippen molar-refractivity contribution in [1.82, 2.24) is 0 Å². The molecule has 110 valence electrons. The molecule has 1 aliphatic carbocycles. The van der Waals surface area contributed by atoms with Gasteiger partial charge in [0.25, 0.3) is 0 Å². The van der Waals surface area contributed by atoms with Gasteiger partial charge in [-0.15, -0.1) is 0 Å². The second kappa shape index (κ2) is 6.11. The van der Waals surface area contributed by atoms with Crippen LogP contribution in [0.25, 0.3) is 0 Å². The molecule has 0 spiro atoms.